The van der Waals surface area contributed by atoms with Gasteiger partial charge in [0.2, 0.25) is 0 Å². The zero-order valence-corrected chi connectivity index (χ0v) is 11.0. The fourth-order valence-corrected chi connectivity index (χ4v) is 2.53. The van der Waals surface area contributed by atoms with E-state index in [2.05, 4.69) is 21.2 Å². The Balaban J connectivity index is 2.42. The summed E-state index contributed by atoms with van der Waals surface area (Å²) in [4.78, 5) is 24.1. The fraction of sp³-hybridized carbons (Fsp3) is 0.333. The summed E-state index contributed by atoms with van der Waals surface area (Å²) in [6.07, 6.45) is 0. The third-order valence-corrected chi connectivity index (χ3v) is 3.43. The number of carboxylic acids is 1. The van der Waals surface area contributed by atoms with Crippen LogP contribution in [0.5, 0.6) is 0 Å². The summed E-state index contributed by atoms with van der Waals surface area (Å²) in [7, 11) is 1.62. The third-order valence-electron chi connectivity index (χ3n) is 1.75. The van der Waals surface area contributed by atoms with E-state index in [4.69, 9.17) is 5.11 Å². The molecule has 1 rings (SSSR count). The van der Waals surface area contributed by atoms with Crippen LogP contribution in [0.2, 0.25) is 0 Å². The molecular formula is C9H11BrN2O3S. The number of hydrogen-bond acceptors (Lipinski definition) is 3. The Morgan fingerprint density at radius 2 is 2.31 bits per heavy atom. The molecule has 0 bridgehead atoms. The van der Waals surface area contributed by atoms with Gasteiger partial charge in [0, 0.05) is 21.8 Å². The highest BCUT2D eigenvalue weighted by molar-refractivity contribution is 9.10. The van der Waals surface area contributed by atoms with Crippen molar-refractivity contribution in [3.05, 3.63) is 20.8 Å². The minimum Gasteiger partial charge on any atom is -0.480 e. The van der Waals surface area contributed by atoms with Gasteiger partial charge in [0.05, 0.1) is 6.54 Å². The van der Waals surface area contributed by atoms with Gasteiger partial charge >= 0.3 is 12.0 Å². The molecular weight excluding hydrogens is 296 g/mol. The van der Waals surface area contributed by atoms with Gasteiger partial charge in [0.25, 0.3) is 0 Å². The number of rotatable bonds is 4. The fourth-order valence-electron chi connectivity index (χ4n) is 1.03. The summed E-state index contributed by atoms with van der Waals surface area (Å²) in [5, 5.41) is 12.6. The van der Waals surface area contributed by atoms with Gasteiger partial charge < -0.3 is 15.3 Å². The predicted molar refractivity (Wildman–Crippen MR) is 64.5 cm³/mol. The largest absolute Gasteiger partial charge is 0.480 e. The van der Waals surface area contributed by atoms with Gasteiger partial charge in [-0.05, 0) is 22.0 Å². The van der Waals surface area contributed by atoms with Gasteiger partial charge in [-0.3, -0.25) is 4.79 Å². The Morgan fingerprint density at radius 1 is 1.62 bits per heavy atom. The Kier molecular flexibility index (Phi) is 4.75. The maximum Gasteiger partial charge on any atom is 0.323 e. The molecule has 0 aliphatic carbocycles. The first-order valence-corrected chi connectivity index (χ1v) is 6.10. The van der Waals surface area contributed by atoms with Crippen molar-refractivity contribution in [1.29, 1.82) is 0 Å². The number of amides is 2. The molecule has 0 aliphatic heterocycles. The lowest BCUT2D eigenvalue weighted by Crippen LogP contribution is -2.39. The van der Waals surface area contributed by atoms with E-state index < -0.39 is 12.0 Å². The molecule has 0 atom stereocenters. The van der Waals surface area contributed by atoms with Crippen molar-refractivity contribution in [2.45, 2.75) is 6.54 Å². The number of nitrogens with zero attached hydrogens (tertiary/aromatic N) is 1. The van der Waals surface area contributed by atoms with Crippen molar-refractivity contribution >= 4 is 39.3 Å². The monoisotopic (exact) mass is 306 g/mol. The van der Waals surface area contributed by atoms with E-state index in [0.717, 1.165) is 9.35 Å². The first-order valence-electron chi connectivity index (χ1n) is 4.42. The maximum absolute atomic E-state index is 11.4. The van der Waals surface area contributed by atoms with Crippen LogP contribution >= 0.6 is 27.3 Å². The summed E-state index contributed by atoms with van der Waals surface area (Å²) in [6, 6.07) is 1.53. The summed E-state index contributed by atoms with van der Waals surface area (Å²) < 4.78 is 0.979. The number of halogens is 1. The van der Waals surface area contributed by atoms with Crippen LogP contribution in [0.15, 0.2) is 15.9 Å². The molecule has 2 N–H and O–H groups in total. The highest BCUT2D eigenvalue weighted by Crippen LogP contribution is 2.20. The van der Waals surface area contributed by atoms with Crippen LogP contribution in [0, 0.1) is 0 Å². The number of urea groups is 1. The van der Waals surface area contributed by atoms with E-state index >= 15 is 0 Å². The molecule has 0 saturated heterocycles. The van der Waals surface area contributed by atoms with Crippen molar-refractivity contribution in [3.63, 3.8) is 0 Å². The summed E-state index contributed by atoms with van der Waals surface area (Å²) in [5.74, 6) is -1.05. The lowest BCUT2D eigenvalue weighted by Gasteiger charge is -2.16. The molecule has 0 aliphatic rings. The Hall–Kier alpha value is -1.08. The van der Waals surface area contributed by atoms with Gasteiger partial charge in [-0.2, -0.15) is 0 Å². The zero-order valence-electron chi connectivity index (χ0n) is 8.57. The van der Waals surface area contributed by atoms with Crippen LogP contribution in [0.1, 0.15) is 4.88 Å². The molecule has 2 amide bonds. The highest BCUT2D eigenvalue weighted by Gasteiger charge is 2.10. The number of nitrogens with one attached hydrogen (secondary N) is 1. The Bertz CT molecular complexity index is 394. The minimum atomic E-state index is -1.05. The quantitative estimate of drug-likeness (QED) is 0.890. The van der Waals surface area contributed by atoms with Crippen LogP contribution in [-0.2, 0) is 11.3 Å². The first kappa shape index (κ1) is 13.0. The second kappa shape index (κ2) is 5.86. The zero-order chi connectivity index (χ0) is 12.1. The van der Waals surface area contributed by atoms with E-state index in [9.17, 15) is 9.59 Å². The number of carbonyl (C=O) groups excluding carboxylic acids is 1. The standard InChI is InChI=1S/C9H11BrN2O3S/c1-12(9(15)11-3-8(13)14)4-7-2-6(10)5-16-7/h2,5H,3-4H2,1H3,(H,11,15)(H,13,14). The van der Waals surface area contributed by atoms with Crippen LogP contribution < -0.4 is 5.32 Å². The second-order valence-corrected chi connectivity index (χ2v) is 5.05. The van der Waals surface area contributed by atoms with Gasteiger partial charge in [-0.15, -0.1) is 11.3 Å². The van der Waals surface area contributed by atoms with Crippen molar-refractivity contribution in [1.82, 2.24) is 10.2 Å². The number of aliphatic carboxylic acids is 1. The van der Waals surface area contributed by atoms with E-state index in [1.165, 1.54) is 16.2 Å². The number of carboxylic acid groups (broad SMARTS) is 1. The average Bonchev–Trinajstić information content (AvgIpc) is 2.60. The molecule has 0 unspecified atom stereocenters. The molecule has 0 aromatic carbocycles. The van der Waals surface area contributed by atoms with Gasteiger partial charge in [0.1, 0.15) is 6.54 Å². The van der Waals surface area contributed by atoms with Gasteiger partial charge in [-0.25, -0.2) is 4.79 Å². The second-order valence-electron chi connectivity index (χ2n) is 3.14. The van der Waals surface area contributed by atoms with Crippen molar-refractivity contribution in [3.8, 4) is 0 Å². The van der Waals surface area contributed by atoms with Crippen molar-refractivity contribution in [2.24, 2.45) is 0 Å². The van der Waals surface area contributed by atoms with Gasteiger partial charge in [0.15, 0.2) is 0 Å². The Morgan fingerprint density at radius 3 is 2.81 bits per heavy atom. The van der Waals surface area contributed by atoms with Gasteiger partial charge in [-0.1, -0.05) is 0 Å². The molecule has 0 fully saturated rings. The molecule has 88 valence electrons. The molecule has 1 heterocycles. The highest BCUT2D eigenvalue weighted by atomic mass is 79.9. The normalized spacial score (nSPS) is 9.88. The molecule has 0 spiro atoms. The summed E-state index contributed by atoms with van der Waals surface area (Å²) in [6.45, 7) is 0.0963. The predicted octanol–water partition coefficient (Wildman–Crippen LogP) is 1.74. The van der Waals surface area contributed by atoms with E-state index in [1.54, 1.807) is 7.05 Å². The number of hydrogen-bond donors (Lipinski definition) is 2. The average molecular weight is 307 g/mol. The lowest BCUT2D eigenvalue weighted by molar-refractivity contribution is -0.135. The van der Waals surface area contributed by atoms with Crippen LogP contribution in [0.25, 0.3) is 0 Å². The third kappa shape index (κ3) is 4.19. The van der Waals surface area contributed by atoms with E-state index in [1.807, 2.05) is 11.4 Å². The van der Waals surface area contributed by atoms with Crippen LogP contribution in [0.3, 0.4) is 0 Å². The topological polar surface area (TPSA) is 69.6 Å². The van der Waals surface area contributed by atoms with E-state index in [0.29, 0.717) is 6.54 Å². The molecule has 7 heteroatoms. The minimum absolute atomic E-state index is 0.364. The molecule has 5 nitrogen and oxygen atoms in total. The van der Waals surface area contributed by atoms with Crippen molar-refractivity contribution in [2.75, 3.05) is 13.6 Å². The SMILES string of the molecule is CN(Cc1cc(Br)cs1)C(=O)NCC(=O)O. The van der Waals surface area contributed by atoms with Crippen molar-refractivity contribution < 1.29 is 14.7 Å². The maximum atomic E-state index is 11.4. The van der Waals surface area contributed by atoms with E-state index in [-0.39, 0.29) is 6.54 Å². The van der Waals surface area contributed by atoms with Crippen LogP contribution in [-0.4, -0.2) is 35.6 Å². The molecule has 0 saturated carbocycles. The lowest BCUT2D eigenvalue weighted by atomic mass is 10.4. The number of carbonyl (C=O) groups is 2. The molecule has 1 aromatic rings. The molecule has 1 aromatic heterocycles. The number of thiophene rings is 1. The Labute approximate surface area is 105 Å². The smallest absolute Gasteiger partial charge is 0.323 e. The first-order chi connectivity index (χ1) is 7.49. The summed E-state index contributed by atoms with van der Waals surface area (Å²) >= 11 is 4.86. The summed E-state index contributed by atoms with van der Waals surface area (Å²) in [5.41, 5.74) is 0. The molecule has 0 radical (unpaired) electrons. The van der Waals surface area contributed by atoms with Crippen LogP contribution in [0.4, 0.5) is 4.79 Å². The molecule has 16 heavy (non-hydrogen) atoms.